The van der Waals surface area contributed by atoms with Crippen molar-refractivity contribution in [2.45, 2.75) is 37.4 Å². The maximum absolute atomic E-state index is 12.3. The molecule has 0 radical (unpaired) electrons. The molecule has 12 heavy (non-hydrogen) atoms. The van der Waals surface area contributed by atoms with Gasteiger partial charge in [0.25, 0.3) is 0 Å². The molecular weight excluding hydrogens is 167 g/mol. The molecule has 0 saturated heterocycles. The van der Waals surface area contributed by atoms with Gasteiger partial charge in [-0.05, 0) is 38.1 Å². The van der Waals surface area contributed by atoms with Crippen LogP contribution in [0.5, 0.6) is 0 Å². The molecule has 1 nitrogen and oxygen atoms in total. The van der Waals surface area contributed by atoms with Gasteiger partial charge in [-0.3, -0.25) is 0 Å². The summed E-state index contributed by atoms with van der Waals surface area (Å²) >= 11 is 0. The summed E-state index contributed by atoms with van der Waals surface area (Å²) in [7, 11) is 0. The first kappa shape index (κ1) is 8.35. The van der Waals surface area contributed by atoms with Crippen LogP contribution in [0.3, 0.4) is 0 Å². The van der Waals surface area contributed by atoms with Gasteiger partial charge in [0, 0.05) is 0 Å². The first-order valence-electron chi connectivity index (χ1n) is 4.35. The third-order valence-corrected chi connectivity index (χ3v) is 2.72. The molecule has 70 valence electrons. The van der Waals surface area contributed by atoms with Crippen molar-refractivity contribution in [3.05, 3.63) is 0 Å². The quantitative estimate of drug-likeness (QED) is 0.699. The normalized spacial score (nSPS) is 27.2. The van der Waals surface area contributed by atoms with Crippen LogP contribution in [0.4, 0.5) is 13.2 Å². The smallest absolute Gasteiger partial charge is 0.303 e. The zero-order chi connectivity index (χ0) is 8.82. The lowest BCUT2D eigenvalue weighted by molar-refractivity contribution is -0.165. The van der Waals surface area contributed by atoms with Crippen molar-refractivity contribution in [3.63, 3.8) is 0 Å². The summed E-state index contributed by atoms with van der Waals surface area (Å²) in [6.07, 6.45) is -1.31. The van der Waals surface area contributed by atoms with Gasteiger partial charge in [-0.25, -0.2) is 0 Å². The van der Waals surface area contributed by atoms with Gasteiger partial charge < -0.3 is 5.32 Å². The molecule has 2 rings (SSSR count). The van der Waals surface area contributed by atoms with Crippen LogP contribution in [0.1, 0.15) is 25.7 Å². The summed E-state index contributed by atoms with van der Waals surface area (Å²) in [5.74, 6) is 0.518. The molecule has 0 aromatic carbocycles. The summed E-state index contributed by atoms with van der Waals surface area (Å²) in [4.78, 5) is 0. The predicted octanol–water partition coefficient (Wildman–Crippen LogP) is 2.08. The summed E-state index contributed by atoms with van der Waals surface area (Å²) in [5, 5.41) is 2.65. The van der Waals surface area contributed by atoms with Crippen LogP contribution in [-0.4, -0.2) is 18.3 Å². The average molecular weight is 179 g/mol. The van der Waals surface area contributed by atoms with Crippen molar-refractivity contribution in [1.29, 1.82) is 0 Å². The monoisotopic (exact) mass is 179 g/mol. The molecule has 2 fully saturated rings. The van der Waals surface area contributed by atoms with Crippen molar-refractivity contribution in [3.8, 4) is 0 Å². The molecule has 0 bridgehead atoms. The molecule has 4 heteroatoms. The van der Waals surface area contributed by atoms with Crippen LogP contribution in [0.2, 0.25) is 0 Å². The molecule has 0 spiro atoms. The molecule has 0 aliphatic heterocycles. The summed E-state index contributed by atoms with van der Waals surface area (Å²) in [5.41, 5.74) is -1.49. The molecule has 0 amide bonds. The second-order valence-electron chi connectivity index (χ2n) is 3.90. The third-order valence-electron chi connectivity index (χ3n) is 2.72. The minimum Gasteiger partial charge on any atom is -0.303 e. The Morgan fingerprint density at radius 1 is 1.25 bits per heavy atom. The van der Waals surface area contributed by atoms with Gasteiger partial charge in [0.1, 0.15) is 5.54 Å². The molecular formula is C8H12F3N. The standard InChI is InChI=1S/C8H12F3N/c9-8(10,11)7(3-4-7)12-5-6-1-2-6/h6,12H,1-5H2. The number of nitrogens with one attached hydrogen (secondary N) is 1. The van der Waals surface area contributed by atoms with E-state index in [0.717, 1.165) is 12.8 Å². The van der Waals surface area contributed by atoms with Gasteiger partial charge in [-0.1, -0.05) is 0 Å². The van der Waals surface area contributed by atoms with Crippen LogP contribution in [-0.2, 0) is 0 Å². The number of alkyl halides is 3. The minimum absolute atomic E-state index is 0.267. The molecule has 0 unspecified atom stereocenters. The van der Waals surface area contributed by atoms with Crippen LogP contribution in [0, 0.1) is 5.92 Å². The lowest BCUT2D eigenvalue weighted by Crippen LogP contribution is -2.45. The van der Waals surface area contributed by atoms with E-state index < -0.39 is 11.7 Å². The van der Waals surface area contributed by atoms with Crippen LogP contribution >= 0.6 is 0 Å². The Bertz CT molecular complexity index is 179. The molecule has 1 N–H and O–H groups in total. The molecule has 0 atom stereocenters. The van der Waals surface area contributed by atoms with Gasteiger partial charge in [-0.2, -0.15) is 13.2 Å². The maximum atomic E-state index is 12.3. The fourth-order valence-electron chi connectivity index (χ4n) is 1.35. The Hall–Kier alpha value is -0.250. The second kappa shape index (κ2) is 2.37. The van der Waals surface area contributed by atoms with Gasteiger partial charge in [0.15, 0.2) is 0 Å². The number of halogens is 3. The van der Waals surface area contributed by atoms with E-state index in [1.54, 1.807) is 0 Å². The Balaban J connectivity index is 1.84. The van der Waals surface area contributed by atoms with Gasteiger partial charge in [-0.15, -0.1) is 0 Å². The molecule has 2 aliphatic rings. The van der Waals surface area contributed by atoms with Crippen molar-refractivity contribution in [1.82, 2.24) is 5.32 Å². The minimum atomic E-state index is -4.04. The highest BCUT2D eigenvalue weighted by atomic mass is 19.4. The highest BCUT2D eigenvalue weighted by Crippen LogP contribution is 2.49. The van der Waals surface area contributed by atoms with Gasteiger partial charge in [0.2, 0.25) is 0 Å². The topological polar surface area (TPSA) is 12.0 Å². The zero-order valence-electron chi connectivity index (χ0n) is 6.75. The van der Waals surface area contributed by atoms with Crippen molar-refractivity contribution in [2.75, 3.05) is 6.54 Å². The highest BCUT2D eigenvalue weighted by molar-refractivity contribution is 5.08. The second-order valence-corrected chi connectivity index (χ2v) is 3.90. The molecule has 0 aromatic rings. The van der Waals surface area contributed by atoms with Gasteiger partial charge in [0.05, 0.1) is 0 Å². The van der Waals surface area contributed by atoms with Crippen molar-refractivity contribution >= 4 is 0 Å². The van der Waals surface area contributed by atoms with E-state index in [2.05, 4.69) is 5.32 Å². The Morgan fingerprint density at radius 2 is 1.83 bits per heavy atom. The van der Waals surface area contributed by atoms with E-state index in [9.17, 15) is 13.2 Å². The van der Waals surface area contributed by atoms with E-state index in [4.69, 9.17) is 0 Å². The van der Waals surface area contributed by atoms with Gasteiger partial charge >= 0.3 is 6.18 Å². The van der Waals surface area contributed by atoms with Crippen LogP contribution in [0.25, 0.3) is 0 Å². The fourth-order valence-corrected chi connectivity index (χ4v) is 1.35. The predicted molar refractivity (Wildman–Crippen MR) is 38.7 cm³/mol. The number of hydrogen-bond acceptors (Lipinski definition) is 1. The van der Waals surface area contributed by atoms with E-state index in [-0.39, 0.29) is 12.8 Å². The highest BCUT2D eigenvalue weighted by Gasteiger charge is 2.63. The van der Waals surface area contributed by atoms with Crippen molar-refractivity contribution in [2.24, 2.45) is 5.92 Å². The van der Waals surface area contributed by atoms with E-state index in [1.807, 2.05) is 0 Å². The van der Waals surface area contributed by atoms with E-state index >= 15 is 0 Å². The van der Waals surface area contributed by atoms with Crippen molar-refractivity contribution < 1.29 is 13.2 Å². The Kier molecular flexibility index (Phi) is 1.65. The largest absolute Gasteiger partial charge is 0.406 e. The molecule has 0 aromatic heterocycles. The lowest BCUT2D eigenvalue weighted by atomic mass is 10.2. The molecule has 2 aliphatic carbocycles. The Labute approximate surface area is 69.3 Å². The zero-order valence-corrected chi connectivity index (χ0v) is 6.75. The third kappa shape index (κ3) is 1.44. The first-order chi connectivity index (χ1) is 5.54. The molecule has 0 heterocycles. The van der Waals surface area contributed by atoms with E-state index in [0.29, 0.717) is 12.5 Å². The summed E-state index contributed by atoms with van der Waals surface area (Å²) in [6, 6.07) is 0. The molecule has 2 saturated carbocycles. The SMILES string of the molecule is FC(F)(F)C1(NCC2CC2)CC1. The summed E-state index contributed by atoms with van der Waals surface area (Å²) < 4.78 is 36.9. The summed E-state index contributed by atoms with van der Waals surface area (Å²) in [6.45, 7) is 0.555. The number of hydrogen-bond donors (Lipinski definition) is 1. The fraction of sp³-hybridized carbons (Fsp3) is 1.00. The maximum Gasteiger partial charge on any atom is 0.406 e. The number of rotatable bonds is 3. The first-order valence-corrected chi connectivity index (χ1v) is 4.35. The van der Waals surface area contributed by atoms with Crippen LogP contribution in [0.15, 0.2) is 0 Å². The van der Waals surface area contributed by atoms with Crippen LogP contribution < -0.4 is 5.32 Å². The van der Waals surface area contributed by atoms with E-state index in [1.165, 1.54) is 0 Å². The Morgan fingerprint density at radius 3 is 2.17 bits per heavy atom. The average Bonchev–Trinajstić information content (AvgIpc) is 2.80. The lowest BCUT2D eigenvalue weighted by Gasteiger charge is -2.20.